The Hall–Kier alpha value is -0.900. The van der Waals surface area contributed by atoms with Crippen LogP contribution in [0.5, 0.6) is 0 Å². The molecule has 4 heteroatoms. The van der Waals surface area contributed by atoms with Gasteiger partial charge < -0.3 is 9.80 Å². The van der Waals surface area contributed by atoms with Crippen LogP contribution >= 0.6 is 0 Å². The summed E-state index contributed by atoms with van der Waals surface area (Å²) in [7, 11) is 12.1. The molecule has 0 aromatic rings. The Labute approximate surface area is 87.5 Å². The third kappa shape index (κ3) is 7.73. The molecule has 0 aliphatic heterocycles. The molecule has 0 aliphatic rings. The van der Waals surface area contributed by atoms with E-state index in [9.17, 15) is 0 Å². The number of hydrogen-bond donors (Lipinski definition) is 0. The van der Waals surface area contributed by atoms with Crippen LogP contribution in [0.4, 0.5) is 0 Å². The number of nitrogens with zero attached hydrogens (tertiary/aromatic N) is 4. The maximum absolute atomic E-state index is 4.47. The zero-order valence-electron chi connectivity index (χ0n) is 10.2. The lowest BCUT2D eigenvalue weighted by molar-refractivity contribution is -0.460. The summed E-state index contributed by atoms with van der Waals surface area (Å²) in [5, 5.41) is 0. The van der Waals surface area contributed by atoms with E-state index >= 15 is 0 Å². The van der Waals surface area contributed by atoms with Gasteiger partial charge in [0.15, 0.2) is 6.21 Å². The van der Waals surface area contributed by atoms with E-state index in [1.165, 1.54) is 0 Å². The summed E-state index contributed by atoms with van der Waals surface area (Å²) < 4.78 is 2.04. The molecule has 1 unspecified atom stereocenters. The lowest BCUT2D eigenvalue weighted by Gasteiger charge is -2.13. The molecule has 0 radical (unpaired) electrons. The predicted molar refractivity (Wildman–Crippen MR) is 62.7 cm³/mol. The average molecular weight is 199 g/mol. The van der Waals surface area contributed by atoms with E-state index < -0.39 is 0 Å². The normalized spacial score (nSPS) is 13.4. The SMILES string of the molecule is CN(C)C=NC(C=[N+](C)C)CN(C)C. The fourth-order valence-electron chi connectivity index (χ4n) is 1.07. The van der Waals surface area contributed by atoms with E-state index in [-0.39, 0.29) is 6.04 Å². The first-order valence-electron chi connectivity index (χ1n) is 4.77. The van der Waals surface area contributed by atoms with Gasteiger partial charge in [0.2, 0.25) is 0 Å². The minimum Gasteiger partial charge on any atom is -0.369 e. The van der Waals surface area contributed by atoms with Crippen molar-refractivity contribution in [2.45, 2.75) is 6.04 Å². The van der Waals surface area contributed by atoms with Gasteiger partial charge in [-0.05, 0) is 14.1 Å². The first kappa shape index (κ1) is 13.1. The van der Waals surface area contributed by atoms with Crippen LogP contribution in [0, 0.1) is 0 Å². The molecule has 0 aliphatic carbocycles. The molecular weight excluding hydrogens is 176 g/mol. The van der Waals surface area contributed by atoms with E-state index in [1.54, 1.807) is 0 Å². The average Bonchev–Trinajstić information content (AvgIpc) is 1.97. The molecule has 0 saturated carbocycles. The van der Waals surface area contributed by atoms with Crippen LogP contribution < -0.4 is 0 Å². The topological polar surface area (TPSA) is 21.9 Å². The Kier molecular flexibility index (Phi) is 6.12. The van der Waals surface area contributed by atoms with Gasteiger partial charge in [-0.15, -0.1) is 0 Å². The van der Waals surface area contributed by atoms with Crippen LogP contribution in [0.1, 0.15) is 0 Å². The summed E-state index contributed by atoms with van der Waals surface area (Å²) in [6.45, 7) is 0.933. The molecule has 0 spiro atoms. The van der Waals surface area contributed by atoms with Crippen molar-refractivity contribution >= 4 is 12.6 Å². The maximum Gasteiger partial charge on any atom is 0.165 e. The molecule has 1 atom stereocenters. The molecule has 4 nitrogen and oxygen atoms in total. The van der Waals surface area contributed by atoms with E-state index in [2.05, 4.69) is 30.2 Å². The molecule has 0 heterocycles. The lowest BCUT2D eigenvalue weighted by Crippen LogP contribution is -2.29. The predicted octanol–water partition coefficient (Wildman–Crippen LogP) is -0.151. The van der Waals surface area contributed by atoms with Gasteiger partial charge in [0.25, 0.3) is 0 Å². The zero-order chi connectivity index (χ0) is 11.1. The van der Waals surface area contributed by atoms with Crippen LogP contribution in [-0.4, -0.2) is 81.8 Å². The van der Waals surface area contributed by atoms with Crippen molar-refractivity contribution in [1.82, 2.24) is 9.80 Å². The van der Waals surface area contributed by atoms with Crippen molar-refractivity contribution in [2.24, 2.45) is 4.99 Å². The first-order valence-corrected chi connectivity index (χ1v) is 4.77. The Morgan fingerprint density at radius 3 is 2.14 bits per heavy atom. The zero-order valence-corrected chi connectivity index (χ0v) is 10.2. The van der Waals surface area contributed by atoms with Crippen LogP contribution in [0.15, 0.2) is 4.99 Å². The lowest BCUT2D eigenvalue weighted by atomic mass is 10.3. The second kappa shape index (κ2) is 6.54. The smallest absolute Gasteiger partial charge is 0.165 e. The van der Waals surface area contributed by atoms with Gasteiger partial charge in [-0.3, -0.25) is 4.99 Å². The number of hydrogen-bond acceptors (Lipinski definition) is 2. The quantitative estimate of drug-likeness (QED) is 0.349. The number of aliphatic imine (C=N–C) groups is 1. The summed E-state index contributed by atoms with van der Waals surface area (Å²) >= 11 is 0. The van der Waals surface area contributed by atoms with Crippen molar-refractivity contribution in [3.05, 3.63) is 0 Å². The van der Waals surface area contributed by atoms with Crippen LogP contribution in [0.2, 0.25) is 0 Å². The summed E-state index contributed by atoms with van der Waals surface area (Å²) in [5.74, 6) is 0. The van der Waals surface area contributed by atoms with Crippen molar-refractivity contribution < 1.29 is 4.58 Å². The standard InChI is InChI=1S/C10H23N4/c1-12(2)7-10(8-13(3)4)11-9-14(5)6/h7,9-10H,8H2,1-6H3/q+1. The largest absolute Gasteiger partial charge is 0.369 e. The van der Waals surface area contributed by atoms with Crippen molar-refractivity contribution in [1.29, 1.82) is 0 Å². The fourth-order valence-corrected chi connectivity index (χ4v) is 1.07. The highest BCUT2D eigenvalue weighted by Gasteiger charge is 2.07. The highest BCUT2D eigenvalue weighted by molar-refractivity contribution is 5.64. The van der Waals surface area contributed by atoms with Crippen LogP contribution in [0.25, 0.3) is 0 Å². The Balaban J connectivity index is 4.33. The molecule has 0 saturated heterocycles. The molecule has 0 rings (SSSR count). The van der Waals surface area contributed by atoms with E-state index in [0.717, 1.165) is 6.54 Å². The van der Waals surface area contributed by atoms with Gasteiger partial charge >= 0.3 is 0 Å². The molecule has 14 heavy (non-hydrogen) atoms. The minimum atomic E-state index is 0.224. The molecule has 0 N–H and O–H groups in total. The monoisotopic (exact) mass is 199 g/mol. The number of likely N-dealkylation sites (N-methyl/N-ethyl adjacent to an activating group) is 1. The first-order chi connectivity index (χ1) is 6.41. The Morgan fingerprint density at radius 1 is 1.21 bits per heavy atom. The van der Waals surface area contributed by atoms with Gasteiger partial charge in [-0.1, -0.05) is 0 Å². The van der Waals surface area contributed by atoms with Crippen LogP contribution in [0.3, 0.4) is 0 Å². The summed E-state index contributed by atoms with van der Waals surface area (Å²) in [6.07, 6.45) is 3.97. The molecular formula is C10H23N4+. The maximum atomic E-state index is 4.47. The Morgan fingerprint density at radius 2 is 1.79 bits per heavy atom. The van der Waals surface area contributed by atoms with Gasteiger partial charge in [0.05, 0.1) is 6.34 Å². The molecule has 0 aromatic carbocycles. The second-order valence-corrected chi connectivity index (χ2v) is 4.17. The highest BCUT2D eigenvalue weighted by Crippen LogP contribution is 1.89. The Bertz CT molecular complexity index is 202. The van der Waals surface area contributed by atoms with Crippen molar-refractivity contribution in [2.75, 3.05) is 48.8 Å². The molecule has 0 bridgehead atoms. The van der Waals surface area contributed by atoms with Gasteiger partial charge in [-0.25, -0.2) is 4.58 Å². The summed E-state index contributed by atoms with van der Waals surface area (Å²) in [6, 6.07) is 0.224. The summed E-state index contributed by atoms with van der Waals surface area (Å²) in [5.41, 5.74) is 0. The third-order valence-corrected chi connectivity index (χ3v) is 1.51. The molecule has 0 amide bonds. The molecule has 0 aromatic heterocycles. The second-order valence-electron chi connectivity index (χ2n) is 4.17. The van der Waals surface area contributed by atoms with E-state index in [4.69, 9.17) is 0 Å². The molecule has 0 fully saturated rings. The van der Waals surface area contributed by atoms with E-state index in [0.29, 0.717) is 0 Å². The highest BCUT2D eigenvalue weighted by atomic mass is 15.1. The summed E-state index contributed by atoms with van der Waals surface area (Å²) in [4.78, 5) is 8.55. The fraction of sp³-hybridized carbons (Fsp3) is 0.800. The van der Waals surface area contributed by atoms with Gasteiger partial charge in [-0.2, -0.15) is 0 Å². The third-order valence-electron chi connectivity index (χ3n) is 1.51. The molecule has 82 valence electrons. The van der Waals surface area contributed by atoms with Crippen molar-refractivity contribution in [3.8, 4) is 0 Å². The van der Waals surface area contributed by atoms with Gasteiger partial charge in [0, 0.05) is 20.6 Å². The number of rotatable bonds is 5. The van der Waals surface area contributed by atoms with E-state index in [1.807, 2.05) is 44.0 Å². The van der Waals surface area contributed by atoms with Crippen molar-refractivity contribution in [3.63, 3.8) is 0 Å². The van der Waals surface area contributed by atoms with Crippen LogP contribution in [-0.2, 0) is 0 Å². The minimum absolute atomic E-state index is 0.224. The van der Waals surface area contributed by atoms with Gasteiger partial charge in [0.1, 0.15) is 20.1 Å².